The van der Waals surface area contributed by atoms with Gasteiger partial charge in [-0.25, -0.2) is 0 Å². The van der Waals surface area contributed by atoms with E-state index in [0.29, 0.717) is 5.82 Å². The van der Waals surface area contributed by atoms with Crippen LogP contribution in [0.5, 0.6) is 0 Å². The molecule has 0 spiro atoms. The average Bonchev–Trinajstić information content (AvgIpc) is 2.86. The van der Waals surface area contributed by atoms with Gasteiger partial charge in [-0.15, -0.1) is 0 Å². The van der Waals surface area contributed by atoms with Crippen molar-refractivity contribution in [2.45, 2.75) is 25.8 Å². The molecule has 1 amide bonds. The van der Waals surface area contributed by atoms with Gasteiger partial charge in [0.05, 0.1) is 5.41 Å². The van der Waals surface area contributed by atoms with Crippen molar-refractivity contribution in [3.8, 4) is 0 Å². The lowest BCUT2D eigenvalue weighted by Gasteiger charge is -2.23. The summed E-state index contributed by atoms with van der Waals surface area (Å²) in [5, 5.41) is 15.4. The van der Waals surface area contributed by atoms with Crippen LogP contribution in [0.4, 0.5) is 5.82 Å². The fourth-order valence-corrected chi connectivity index (χ4v) is 1.91. The van der Waals surface area contributed by atoms with Crippen molar-refractivity contribution in [3.63, 3.8) is 0 Å². The highest BCUT2D eigenvalue weighted by Gasteiger charge is 2.30. The number of carbonyl (C=O) groups is 2. The maximum Gasteiger partial charge on any atom is 0.325 e. The number of carboxylic acid groups (broad SMARTS) is 1. The lowest BCUT2D eigenvalue weighted by Crippen LogP contribution is -2.34. The summed E-state index contributed by atoms with van der Waals surface area (Å²) >= 11 is 0. The Kier molecular flexibility index (Phi) is 4.07. The molecule has 0 radical (unpaired) electrons. The highest BCUT2D eigenvalue weighted by atomic mass is 16.4. The Hall–Kier alpha value is -2.63. The molecule has 2 rings (SSSR count). The van der Waals surface area contributed by atoms with Crippen LogP contribution in [0.1, 0.15) is 19.4 Å². The molecule has 110 valence electrons. The zero-order valence-electron chi connectivity index (χ0n) is 11.9. The molecule has 0 saturated carbocycles. The van der Waals surface area contributed by atoms with Crippen LogP contribution in [-0.2, 0) is 21.5 Å². The number of aromatic nitrogens is 2. The fraction of sp³-hybridized carbons (Fsp3) is 0.267. The lowest BCUT2D eigenvalue weighted by atomic mass is 9.84. The van der Waals surface area contributed by atoms with Crippen LogP contribution in [0.25, 0.3) is 0 Å². The second-order valence-electron chi connectivity index (χ2n) is 5.24. The van der Waals surface area contributed by atoms with Crippen LogP contribution in [0.15, 0.2) is 42.6 Å². The molecule has 2 aromatic rings. The second-order valence-corrected chi connectivity index (χ2v) is 5.24. The third kappa shape index (κ3) is 3.47. The predicted octanol–water partition coefficient (Wildman–Crippen LogP) is 1.88. The van der Waals surface area contributed by atoms with Crippen molar-refractivity contribution in [3.05, 3.63) is 48.2 Å². The quantitative estimate of drug-likeness (QED) is 0.879. The Bertz CT molecular complexity index is 647. The van der Waals surface area contributed by atoms with E-state index in [1.807, 2.05) is 44.2 Å². The van der Waals surface area contributed by atoms with E-state index in [1.165, 1.54) is 10.9 Å². The Morgan fingerprint density at radius 1 is 1.24 bits per heavy atom. The molecule has 1 heterocycles. The Morgan fingerprint density at radius 2 is 1.90 bits per heavy atom. The first-order valence-electron chi connectivity index (χ1n) is 6.52. The van der Waals surface area contributed by atoms with E-state index >= 15 is 0 Å². The highest BCUT2D eigenvalue weighted by molar-refractivity contribution is 5.97. The van der Waals surface area contributed by atoms with Crippen LogP contribution < -0.4 is 5.32 Å². The maximum absolute atomic E-state index is 12.4. The number of rotatable bonds is 5. The molecule has 1 aromatic carbocycles. The molecule has 6 nitrogen and oxygen atoms in total. The monoisotopic (exact) mass is 287 g/mol. The number of benzene rings is 1. The van der Waals surface area contributed by atoms with Crippen molar-refractivity contribution in [1.29, 1.82) is 0 Å². The minimum Gasteiger partial charge on any atom is -0.480 e. The zero-order valence-corrected chi connectivity index (χ0v) is 11.9. The number of hydrogen-bond donors (Lipinski definition) is 2. The largest absolute Gasteiger partial charge is 0.480 e. The minimum atomic E-state index is -0.986. The fourth-order valence-electron chi connectivity index (χ4n) is 1.91. The summed E-state index contributed by atoms with van der Waals surface area (Å²) in [5.41, 5.74) is 0.185. The molecule has 0 unspecified atom stereocenters. The van der Waals surface area contributed by atoms with Crippen molar-refractivity contribution in [2.75, 3.05) is 5.32 Å². The van der Waals surface area contributed by atoms with Gasteiger partial charge in [-0.2, -0.15) is 5.10 Å². The topological polar surface area (TPSA) is 84.2 Å². The summed E-state index contributed by atoms with van der Waals surface area (Å²) in [5.74, 6) is -0.847. The molecule has 0 bridgehead atoms. The van der Waals surface area contributed by atoms with Gasteiger partial charge in [0.25, 0.3) is 0 Å². The summed E-state index contributed by atoms with van der Waals surface area (Å²) in [6, 6.07) is 11.0. The number of amides is 1. The summed E-state index contributed by atoms with van der Waals surface area (Å²) in [6.07, 6.45) is 1.51. The van der Waals surface area contributed by atoms with Crippen molar-refractivity contribution >= 4 is 17.7 Å². The number of nitrogens with zero attached hydrogens (tertiary/aromatic N) is 2. The smallest absolute Gasteiger partial charge is 0.325 e. The third-order valence-corrected chi connectivity index (χ3v) is 3.24. The second kappa shape index (κ2) is 5.78. The minimum absolute atomic E-state index is 0.200. The molecule has 0 fully saturated rings. The molecule has 0 saturated heterocycles. The predicted molar refractivity (Wildman–Crippen MR) is 78.0 cm³/mol. The molecule has 0 atom stereocenters. The van der Waals surface area contributed by atoms with Crippen molar-refractivity contribution < 1.29 is 14.7 Å². The van der Waals surface area contributed by atoms with Gasteiger partial charge >= 0.3 is 5.97 Å². The first-order chi connectivity index (χ1) is 9.89. The molecule has 0 aliphatic rings. The summed E-state index contributed by atoms with van der Waals surface area (Å²) in [4.78, 5) is 23.0. The first kappa shape index (κ1) is 14.8. The van der Waals surface area contributed by atoms with Gasteiger partial charge in [0.1, 0.15) is 6.54 Å². The van der Waals surface area contributed by atoms with Crippen LogP contribution >= 0.6 is 0 Å². The van der Waals surface area contributed by atoms with Gasteiger partial charge in [-0.3, -0.25) is 14.3 Å². The summed E-state index contributed by atoms with van der Waals surface area (Å²) < 4.78 is 1.26. The summed E-state index contributed by atoms with van der Waals surface area (Å²) in [7, 11) is 0. The number of carbonyl (C=O) groups excluding carboxylic acids is 1. The van der Waals surface area contributed by atoms with E-state index in [4.69, 9.17) is 5.11 Å². The molecule has 1 aromatic heterocycles. The third-order valence-electron chi connectivity index (χ3n) is 3.24. The Morgan fingerprint density at radius 3 is 2.52 bits per heavy atom. The van der Waals surface area contributed by atoms with Crippen LogP contribution in [-0.4, -0.2) is 26.8 Å². The van der Waals surface area contributed by atoms with Crippen molar-refractivity contribution in [2.24, 2.45) is 0 Å². The van der Waals surface area contributed by atoms with Gasteiger partial charge in [-0.1, -0.05) is 30.3 Å². The average molecular weight is 287 g/mol. The van der Waals surface area contributed by atoms with E-state index < -0.39 is 11.4 Å². The number of aliphatic carboxylic acids is 1. The SMILES string of the molecule is CC(C)(C(=O)Nc1ccn(CC(=O)O)n1)c1ccccc1. The van der Waals surface area contributed by atoms with Gasteiger partial charge in [-0.05, 0) is 19.4 Å². The van der Waals surface area contributed by atoms with Gasteiger partial charge < -0.3 is 10.4 Å². The summed E-state index contributed by atoms with van der Waals surface area (Å²) in [6.45, 7) is 3.41. The van der Waals surface area contributed by atoms with Gasteiger partial charge in [0.15, 0.2) is 5.82 Å². The molecule has 21 heavy (non-hydrogen) atoms. The van der Waals surface area contributed by atoms with Gasteiger partial charge in [0.2, 0.25) is 5.91 Å². The molecular formula is C15H17N3O3. The number of nitrogens with one attached hydrogen (secondary N) is 1. The Labute approximate surface area is 122 Å². The molecule has 6 heteroatoms. The van der Waals surface area contributed by atoms with E-state index in [-0.39, 0.29) is 12.5 Å². The standard InChI is InChI=1S/C15H17N3O3/c1-15(2,11-6-4-3-5-7-11)14(21)16-12-8-9-18(17-12)10-13(19)20/h3-9H,10H2,1-2H3,(H,19,20)(H,16,17,21). The first-order valence-corrected chi connectivity index (χ1v) is 6.52. The van der Waals surface area contributed by atoms with Crippen molar-refractivity contribution in [1.82, 2.24) is 9.78 Å². The van der Waals surface area contributed by atoms with Gasteiger partial charge in [0, 0.05) is 12.3 Å². The van der Waals surface area contributed by atoms with Crippen LogP contribution in [0.2, 0.25) is 0 Å². The van der Waals surface area contributed by atoms with E-state index in [2.05, 4.69) is 10.4 Å². The van der Waals surface area contributed by atoms with E-state index in [1.54, 1.807) is 6.07 Å². The zero-order chi connectivity index (χ0) is 15.5. The number of anilines is 1. The van der Waals surface area contributed by atoms with Crippen LogP contribution in [0.3, 0.4) is 0 Å². The van der Waals surface area contributed by atoms with E-state index in [9.17, 15) is 9.59 Å². The molecular weight excluding hydrogens is 270 g/mol. The normalized spacial score (nSPS) is 11.1. The maximum atomic E-state index is 12.4. The molecule has 0 aliphatic carbocycles. The van der Waals surface area contributed by atoms with Crippen LogP contribution in [0, 0.1) is 0 Å². The Balaban J connectivity index is 2.10. The molecule has 2 N–H and O–H groups in total. The number of carboxylic acids is 1. The lowest BCUT2D eigenvalue weighted by molar-refractivity contribution is -0.137. The number of hydrogen-bond acceptors (Lipinski definition) is 3. The molecule has 0 aliphatic heterocycles. The highest BCUT2D eigenvalue weighted by Crippen LogP contribution is 2.24. The van der Waals surface area contributed by atoms with E-state index in [0.717, 1.165) is 5.56 Å².